The van der Waals surface area contributed by atoms with E-state index in [0.29, 0.717) is 31.7 Å². The van der Waals surface area contributed by atoms with Crippen LogP contribution in [0.4, 0.5) is 0 Å². The van der Waals surface area contributed by atoms with Crippen molar-refractivity contribution in [2.45, 2.75) is 58.2 Å². The number of hydrogen-bond acceptors (Lipinski definition) is 3. The molecule has 0 saturated heterocycles. The highest BCUT2D eigenvalue weighted by Crippen LogP contribution is 2.33. The van der Waals surface area contributed by atoms with E-state index in [1.54, 1.807) is 0 Å². The van der Waals surface area contributed by atoms with Gasteiger partial charge in [-0.15, -0.1) is 0 Å². The molecular formula is C25H30N2O2. The smallest absolute Gasteiger partial charge is 0.307 e. The fourth-order valence-corrected chi connectivity index (χ4v) is 4.63. The van der Waals surface area contributed by atoms with Gasteiger partial charge in [-0.2, -0.15) is 0 Å². The highest BCUT2D eigenvalue weighted by molar-refractivity contribution is 5.86. The summed E-state index contributed by atoms with van der Waals surface area (Å²) in [7, 11) is 0. The van der Waals surface area contributed by atoms with Crippen molar-refractivity contribution in [2.24, 2.45) is 0 Å². The summed E-state index contributed by atoms with van der Waals surface area (Å²) in [5.74, 6) is -0.119. The number of aryl methyl sites for hydroxylation is 1. The van der Waals surface area contributed by atoms with Crippen LogP contribution in [0.25, 0.3) is 10.9 Å². The number of carbonyl (C=O) groups is 1. The number of fused-ring (bicyclic) bond motifs is 3. The van der Waals surface area contributed by atoms with Gasteiger partial charge in [-0.05, 0) is 50.3 Å². The Morgan fingerprint density at radius 2 is 1.93 bits per heavy atom. The van der Waals surface area contributed by atoms with Crippen LogP contribution in [0.2, 0.25) is 0 Å². The maximum Gasteiger partial charge on any atom is 0.307 e. The van der Waals surface area contributed by atoms with Crippen LogP contribution in [0, 0.1) is 0 Å². The maximum atomic E-state index is 11.9. The van der Waals surface area contributed by atoms with Gasteiger partial charge in [0.1, 0.15) is 0 Å². The Kier molecular flexibility index (Phi) is 6.00. The van der Waals surface area contributed by atoms with Gasteiger partial charge in [-0.1, -0.05) is 48.5 Å². The van der Waals surface area contributed by atoms with Crippen molar-refractivity contribution in [2.75, 3.05) is 6.61 Å². The molecule has 0 spiro atoms. The monoisotopic (exact) mass is 390 g/mol. The van der Waals surface area contributed by atoms with Crippen molar-refractivity contribution >= 4 is 16.9 Å². The average Bonchev–Trinajstić information content (AvgIpc) is 3.06. The molecule has 4 nitrogen and oxygen atoms in total. The van der Waals surface area contributed by atoms with Crippen LogP contribution >= 0.6 is 0 Å². The van der Waals surface area contributed by atoms with Gasteiger partial charge in [0.25, 0.3) is 0 Å². The van der Waals surface area contributed by atoms with Crippen molar-refractivity contribution < 1.29 is 9.53 Å². The fraction of sp³-hybridized carbons (Fsp3) is 0.400. The van der Waals surface area contributed by atoms with Crippen molar-refractivity contribution in [3.8, 4) is 0 Å². The number of carbonyl (C=O) groups excluding carboxylic acids is 1. The van der Waals surface area contributed by atoms with Gasteiger partial charge >= 0.3 is 5.97 Å². The number of nitrogens with zero attached hydrogens (tertiary/aromatic N) is 1. The number of rotatable bonds is 7. The van der Waals surface area contributed by atoms with E-state index in [1.165, 1.54) is 27.7 Å². The Balaban J connectivity index is 1.55. The minimum Gasteiger partial charge on any atom is -0.466 e. The molecule has 2 atom stereocenters. The van der Waals surface area contributed by atoms with Gasteiger partial charge in [0.2, 0.25) is 0 Å². The Morgan fingerprint density at radius 1 is 1.17 bits per heavy atom. The molecule has 0 fully saturated rings. The summed E-state index contributed by atoms with van der Waals surface area (Å²) in [5.41, 5.74) is 5.39. The van der Waals surface area contributed by atoms with Gasteiger partial charge in [0.15, 0.2) is 0 Å². The first kappa shape index (κ1) is 19.7. The number of benzene rings is 2. The standard InChI is InChI=1S/C25H30N2O2/c1-3-29-25(28)15-16-27-23-12-8-7-11-21(23)22-17-20(13-14-24(22)27)26-18(2)19-9-5-4-6-10-19/h4-12,18,20,26H,3,13-17H2,1-2H3. The van der Waals surface area contributed by atoms with Crippen LogP contribution in [0.15, 0.2) is 54.6 Å². The molecule has 3 aromatic rings. The first-order valence-electron chi connectivity index (χ1n) is 10.7. The zero-order valence-corrected chi connectivity index (χ0v) is 17.4. The lowest BCUT2D eigenvalue weighted by atomic mass is 9.90. The molecule has 2 unspecified atom stereocenters. The molecule has 1 aliphatic carbocycles. The molecule has 0 amide bonds. The molecule has 1 heterocycles. The number of aromatic nitrogens is 1. The second-order valence-electron chi connectivity index (χ2n) is 7.89. The summed E-state index contributed by atoms with van der Waals surface area (Å²) in [6, 6.07) is 20.0. The summed E-state index contributed by atoms with van der Waals surface area (Å²) in [5, 5.41) is 5.16. The maximum absolute atomic E-state index is 11.9. The zero-order chi connectivity index (χ0) is 20.2. The third-order valence-electron chi connectivity index (χ3n) is 6.00. The Labute approximate surface area is 172 Å². The lowest BCUT2D eigenvalue weighted by molar-refractivity contribution is -0.143. The quantitative estimate of drug-likeness (QED) is 0.589. The molecule has 4 heteroatoms. The van der Waals surface area contributed by atoms with Crippen molar-refractivity contribution in [3.05, 3.63) is 71.4 Å². The summed E-state index contributed by atoms with van der Waals surface area (Å²) < 4.78 is 7.48. The number of ether oxygens (including phenoxy) is 1. The first-order chi connectivity index (χ1) is 14.2. The van der Waals surface area contributed by atoms with E-state index >= 15 is 0 Å². The lowest BCUT2D eigenvalue weighted by Crippen LogP contribution is -2.36. The molecular weight excluding hydrogens is 360 g/mol. The summed E-state index contributed by atoms with van der Waals surface area (Å²) in [6.45, 7) is 5.23. The molecule has 1 aromatic heterocycles. The van der Waals surface area contributed by atoms with E-state index in [4.69, 9.17) is 4.74 Å². The zero-order valence-electron chi connectivity index (χ0n) is 17.4. The Hall–Kier alpha value is -2.59. The van der Waals surface area contributed by atoms with Crippen molar-refractivity contribution in [1.29, 1.82) is 0 Å². The molecule has 29 heavy (non-hydrogen) atoms. The van der Waals surface area contributed by atoms with Crippen LogP contribution in [-0.4, -0.2) is 23.2 Å². The van der Waals surface area contributed by atoms with E-state index in [9.17, 15) is 4.79 Å². The third-order valence-corrected chi connectivity index (χ3v) is 6.00. The number of nitrogens with one attached hydrogen (secondary N) is 1. The fourth-order valence-electron chi connectivity index (χ4n) is 4.63. The van der Waals surface area contributed by atoms with Crippen molar-refractivity contribution in [1.82, 2.24) is 9.88 Å². The van der Waals surface area contributed by atoms with E-state index < -0.39 is 0 Å². The molecule has 4 rings (SSSR count). The topological polar surface area (TPSA) is 43.3 Å². The highest BCUT2D eigenvalue weighted by Gasteiger charge is 2.26. The van der Waals surface area contributed by atoms with E-state index in [2.05, 4.69) is 71.4 Å². The molecule has 0 radical (unpaired) electrons. The van der Waals surface area contributed by atoms with Gasteiger partial charge < -0.3 is 14.6 Å². The van der Waals surface area contributed by atoms with Crippen LogP contribution in [0.5, 0.6) is 0 Å². The average molecular weight is 391 g/mol. The van der Waals surface area contributed by atoms with E-state index in [0.717, 1.165) is 19.3 Å². The molecule has 0 bridgehead atoms. The van der Waals surface area contributed by atoms with Crippen LogP contribution < -0.4 is 5.32 Å². The van der Waals surface area contributed by atoms with Crippen LogP contribution in [0.3, 0.4) is 0 Å². The second kappa shape index (κ2) is 8.83. The Bertz CT molecular complexity index is 977. The molecule has 2 aromatic carbocycles. The molecule has 1 aliphatic rings. The van der Waals surface area contributed by atoms with E-state index in [1.807, 2.05) is 6.92 Å². The van der Waals surface area contributed by atoms with Gasteiger partial charge in [0, 0.05) is 35.2 Å². The molecule has 0 saturated carbocycles. The highest BCUT2D eigenvalue weighted by atomic mass is 16.5. The first-order valence-corrected chi connectivity index (χ1v) is 10.7. The normalized spacial score (nSPS) is 17.1. The number of hydrogen-bond donors (Lipinski definition) is 1. The molecule has 152 valence electrons. The molecule has 0 aliphatic heterocycles. The summed E-state index contributed by atoms with van der Waals surface area (Å²) >= 11 is 0. The van der Waals surface area contributed by atoms with Gasteiger partial charge in [-0.3, -0.25) is 4.79 Å². The van der Waals surface area contributed by atoms with Crippen molar-refractivity contribution in [3.63, 3.8) is 0 Å². The van der Waals surface area contributed by atoms with E-state index in [-0.39, 0.29) is 5.97 Å². The Morgan fingerprint density at radius 3 is 2.72 bits per heavy atom. The van der Waals surface area contributed by atoms with Crippen LogP contribution in [-0.2, 0) is 28.9 Å². The molecule has 1 N–H and O–H groups in total. The van der Waals surface area contributed by atoms with Gasteiger partial charge in [-0.25, -0.2) is 0 Å². The summed E-state index contributed by atoms with van der Waals surface area (Å²) in [6.07, 6.45) is 3.59. The minimum atomic E-state index is -0.119. The number of esters is 1. The number of para-hydroxylation sites is 1. The lowest BCUT2D eigenvalue weighted by Gasteiger charge is -2.28. The summed E-state index contributed by atoms with van der Waals surface area (Å²) in [4.78, 5) is 11.9. The predicted octanol–water partition coefficient (Wildman–Crippen LogP) is 4.80. The third kappa shape index (κ3) is 4.23. The SMILES string of the molecule is CCOC(=O)CCn1c2c(c3ccccc31)CC(NC(C)c1ccccc1)CC2. The predicted molar refractivity (Wildman–Crippen MR) is 117 cm³/mol. The second-order valence-corrected chi connectivity index (χ2v) is 7.89. The minimum absolute atomic E-state index is 0.119. The van der Waals surface area contributed by atoms with Gasteiger partial charge in [0.05, 0.1) is 13.0 Å². The largest absolute Gasteiger partial charge is 0.466 e. The van der Waals surface area contributed by atoms with Crippen LogP contribution in [0.1, 0.15) is 49.6 Å².